The van der Waals surface area contributed by atoms with Crippen molar-refractivity contribution in [1.82, 2.24) is 15.1 Å². The maximum absolute atomic E-state index is 12.5. The lowest BCUT2D eigenvalue weighted by atomic mass is 10.1. The Hall–Kier alpha value is -3.04. The highest BCUT2D eigenvalue weighted by molar-refractivity contribution is 5.88. The first-order valence-electron chi connectivity index (χ1n) is 7.20. The number of amides is 2. The van der Waals surface area contributed by atoms with Gasteiger partial charge in [0.05, 0.1) is 24.7 Å². The van der Waals surface area contributed by atoms with Crippen LogP contribution in [0.2, 0.25) is 0 Å². The molecule has 2 rings (SSSR count). The quantitative estimate of drug-likeness (QED) is 0.741. The van der Waals surface area contributed by atoms with Gasteiger partial charge in [-0.25, -0.2) is 9.48 Å². The number of alkyl halides is 3. The summed E-state index contributed by atoms with van der Waals surface area (Å²) >= 11 is 0. The summed E-state index contributed by atoms with van der Waals surface area (Å²) in [7, 11) is 0. The van der Waals surface area contributed by atoms with Gasteiger partial charge in [0.25, 0.3) is 0 Å². The Balaban J connectivity index is 1.97. The zero-order valence-corrected chi connectivity index (χ0v) is 12.9. The van der Waals surface area contributed by atoms with E-state index in [1.54, 1.807) is 0 Å². The van der Waals surface area contributed by atoms with Crippen molar-refractivity contribution < 1.29 is 27.9 Å². The van der Waals surface area contributed by atoms with Crippen molar-refractivity contribution in [2.75, 3.05) is 11.9 Å². The smallest absolute Gasteiger partial charge is 0.416 e. The van der Waals surface area contributed by atoms with Gasteiger partial charge in [-0.2, -0.15) is 18.3 Å². The number of carboxylic acid groups (broad SMARTS) is 1. The molecular weight excluding hydrogens is 341 g/mol. The molecule has 0 fully saturated rings. The van der Waals surface area contributed by atoms with Gasteiger partial charge < -0.3 is 10.4 Å². The van der Waals surface area contributed by atoms with Crippen molar-refractivity contribution in [1.29, 1.82) is 0 Å². The zero-order chi connectivity index (χ0) is 18.4. The van der Waals surface area contributed by atoms with Gasteiger partial charge >= 0.3 is 18.2 Å². The van der Waals surface area contributed by atoms with Crippen LogP contribution in [0.3, 0.4) is 0 Å². The van der Waals surface area contributed by atoms with E-state index < -0.39 is 23.7 Å². The molecule has 134 valence electrons. The van der Waals surface area contributed by atoms with E-state index in [0.29, 0.717) is 11.4 Å². The number of anilines is 1. The van der Waals surface area contributed by atoms with Gasteiger partial charge in [-0.3, -0.25) is 10.1 Å². The highest BCUT2D eigenvalue weighted by Crippen LogP contribution is 2.29. The number of carbonyl (C=O) groups is 2. The lowest BCUT2D eigenvalue weighted by Crippen LogP contribution is -2.31. The lowest BCUT2D eigenvalue weighted by molar-refractivity contribution is -0.138. The number of halogens is 3. The molecule has 0 atom stereocenters. The van der Waals surface area contributed by atoms with Crippen molar-refractivity contribution in [3.05, 3.63) is 47.7 Å². The van der Waals surface area contributed by atoms with Crippen LogP contribution in [0.4, 0.5) is 23.8 Å². The summed E-state index contributed by atoms with van der Waals surface area (Å²) in [6.07, 6.45) is -3.18. The molecule has 0 bridgehead atoms. The number of nitrogens with zero attached hydrogens (tertiary/aromatic N) is 2. The summed E-state index contributed by atoms with van der Waals surface area (Å²) in [6, 6.07) is 5.54. The Bertz CT molecular complexity index is 741. The summed E-state index contributed by atoms with van der Waals surface area (Å²) in [5.41, 5.74) is -0.168. The molecule has 0 spiro atoms. The second kappa shape index (κ2) is 7.69. The van der Waals surface area contributed by atoms with Gasteiger partial charge in [0.15, 0.2) is 0 Å². The van der Waals surface area contributed by atoms with Crippen LogP contribution in [0.1, 0.15) is 17.5 Å². The van der Waals surface area contributed by atoms with Crippen LogP contribution in [0.5, 0.6) is 0 Å². The predicted octanol–water partition coefficient (Wildman–Crippen LogP) is 2.55. The van der Waals surface area contributed by atoms with Crippen LogP contribution >= 0.6 is 0 Å². The third-order valence-electron chi connectivity index (χ3n) is 3.20. The number of hydrogen-bond donors (Lipinski definition) is 3. The number of benzene rings is 1. The molecule has 0 unspecified atom stereocenters. The fraction of sp³-hybridized carbons (Fsp3) is 0.267. The van der Waals surface area contributed by atoms with Crippen molar-refractivity contribution >= 4 is 17.8 Å². The number of urea groups is 1. The van der Waals surface area contributed by atoms with Gasteiger partial charge in [-0.05, 0) is 17.7 Å². The first kappa shape index (κ1) is 18.3. The highest BCUT2D eigenvalue weighted by Gasteiger charge is 2.29. The molecule has 2 aromatic rings. The number of carboxylic acids is 1. The molecule has 0 saturated heterocycles. The van der Waals surface area contributed by atoms with Gasteiger partial charge in [-0.1, -0.05) is 12.1 Å². The van der Waals surface area contributed by atoms with E-state index in [2.05, 4.69) is 15.7 Å². The lowest BCUT2D eigenvalue weighted by Gasteiger charge is -2.11. The SMILES string of the molecule is O=C(O)CCNC(=O)Nc1ccnn1Cc1ccc(C(F)(F)F)cc1. The molecule has 3 N–H and O–H groups in total. The van der Waals surface area contributed by atoms with Crippen molar-refractivity contribution in [2.24, 2.45) is 0 Å². The molecule has 7 nitrogen and oxygen atoms in total. The molecule has 10 heteroatoms. The predicted molar refractivity (Wildman–Crippen MR) is 82.0 cm³/mol. The number of rotatable bonds is 6. The Kier molecular flexibility index (Phi) is 5.63. The molecule has 1 aromatic carbocycles. The summed E-state index contributed by atoms with van der Waals surface area (Å²) in [5, 5.41) is 17.4. The molecule has 0 saturated carbocycles. The number of nitrogens with one attached hydrogen (secondary N) is 2. The fourth-order valence-electron chi connectivity index (χ4n) is 1.98. The molecule has 1 aromatic heterocycles. The monoisotopic (exact) mass is 356 g/mol. The minimum atomic E-state index is -4.40. The van der Waals surface area contributed by atoms with Gasteiger partial charge in [0, 0.05) is 12.6 Å². The van der Waals surface area contributed by atoms with E-state index in [0.717, 1.165) is 12.1 Å². The average Bonchev–Trinajstić information content (AvgIpc) is 2.93. The standard InChI is InChI=1S/C15H15F3N4O3/c16-15(17,18)11-3-1-10(2-4-11)9-22-12(5-8-20-22)21-14(25)19-7-6-13(23)24/h1-5,8H,6-7,9H2,(H,23,24)(H2,19,21,25). The maximum Gasteiger partial charge on any atom is 0.416 e. The molecular formula is C15H15F3N4O3. The van der Waals surface area contributed by atoms with E-state index >= 15 is 0 Å². The fourth-order valence-corrected chi connectivity index (χ4v) is 1.98. The van der Waals surface area contributed by atoms with E-state index in [9.17, 15) is 22.8 Å². The van der Waals surface area contributed by atoms with Gasteiger partial charge in [-0.15, -0.1) is 0 Å². The zero-order valence-electron chi connectivity index (χ0n) is 12.9. The normalized spacial score (nSPS) is 11.2. The minimum Gasteiger partial charge on any atom is -0.481 e. The Morgan fingerprint density at radius 1 is 1.16 bits per heavy atom. The highest BCUT2D eigenvalue weighted by atomic mass is 19.4. The van der Waals surface area contributed by atoms with E-state index in [1.807, 2.05) is 0 Å². The van der Waals surface area contributed by atoms with Crippen LogP contribution in [-0.2, 0) is 17.5 Å². The molecule has 1 heterocycles. The first-order chi connectivity index (χ1) is 11.8. The average molecular weight is 356 g/mol. The number of hydrogen-bond acceptors (Lipinski definition) is 3. The second-order valence-electron chi connectivity index (χ2n) is 5.09. The molecule has 25 heavy (non-hydrogen) atoms. The van der Waals surface area contributed by atoms with Gasteiger partial charge in [0.2, 0.25) is 0 Å². The topological polar surface area (TPSA) is 96.2 Å². The Labute approximate surface area is 140 Å². The van der Waals surface area contributed by atoms with Crippen LogP contribution in [0.15, 0.2) is 36.5 Å². The largest absolute Gasteiger partial charge is 0.481 e. The Morgan fingerprint density at radius 2 is 1.84 bits per heavy atom. The number of carbonyl (C=O) groups excluding carboxylic acids is 1. The Morgan fingerprint density at radius 3 is 2.44 bits per heavy atom. The second-order valence-corrected chi connectivity index (χ2v) is 5.09. The van der Waals surface area contributed by atoms with Crippen molar-refractivity contribution in [3.8, 4) is 0 Å². The third-order valence-corrected chi connectivity index (χ3v) is 3.20. The summed E-state index contributed by atoms with van der Waals surface area (Å²) in [6.45, 7) is 0.129. The molecule has 0 aliphatic carbocycles. The maximum atomic E-state index is 12.5. The van der Waals surface area contributed by atoms with Gasteiger partial charge in [0.1, 0.15) is 5.82 Å². The molecule has 2 amide bonds. The van der Waals surface area contributed by atoms with Crippen LogP contribution in [0, 0.1) is 0 Å². The first-order valence-corrected chi connectivity index (χ1v) is 7.20. The minimum absolute atomic E-state index is 0.0335. The van der Waals surface area contributed by atoms with E-state index in [-0.39, 0.29) is 19.5 Å². The number of aliphatic carboxylic acids is 1. The van der Waals surface area contributed by atoms with E-state index in [1.165, 1.54) is 29.1 Å². The molecule has 0 aliphatic rings. The van der Waals surface area contributed by atoms with E-state index in [4.69, 9.17) is 5.11 Å². The number of aromatic nitrogens is 2. The van der Waals surface area contributed by atoms with Crippen LogP contribution in [-0.4, -0.2) is 33.4 Å². The molecule has 0 aliphatic heterocycles. The van der Waals surface area contributed by atoms with Crippen molar-refractivity contribution in [3.63, 3.8) is 0 Å². The summed E-state index contributed by atoms with van der Waals surface area (Å²) in [5.74, 6) is -0.708. The van der Waals surface area contributed by atoms with Crippen LogP contribution < -0.4 is 10.6 Å². The van der Waals surface area contributed by atoms with Crippen LogP contribution in [0.25, 0.3) is 0 Å². The summed E-state index contributed by atoms with van der Waals surface area (Å²) < 4.78 is 39.0. The summed E-state index contributed by atoms with van der Waals surface area (Å²) in [4.78, 5) is 22.1. The van der Waals surface area contributed by atoms with Crippen molar-refractivity contribution in [2.45, 2.75) is 19.1 Å². The molecule has 0 radical (unpaired) electrons. The third kappa shape index (κ3) is 5.52.